The summed E-state index contributed by atoms with van der Waals surface area (Å²) in [5.41, 5.74) is 2.46. The van der Waals surface area contributed by atoms with E-state index in [0.29, 0.717) is 11.3 Å². The van der Waals surface area contributed by atoms with Gasteiger partial charge in [-0.1, -0.05) is 6.07 Å². The predicted molar refractivity (Wildman–Crippen MR) is 109 cm³/mol. The molecule has 3 heterocycles. The van der Waals surface area contributed by atoms with E-state index >= 15 is 0 Å². The number of carbonyl (C=O) groups is 1. The summed E-state index contributed by atoms with van der Waals surface area (Å²) in [6, 6.07) is 4.17. The van der Waals surface area contributed by atoms with Gasteiger partial charge in [-0.25, -0.2) is 23.3 Å². The van der Waals surface area contributed by atoms with Crippen LogP contribution in [-0.2, 0) is 24.2 Å². The first-order valence-corrected chi connectivity index (χ1v) is 10.3. The van der Waals surface area contributed by atoms with Crippen LogP contribution in [0.15, 0.2) is 29.3 Å². The number of halogens is 1. The summed E-state index contributed by atoms with van der Waals surface area (Å²) in [7, 11) is 0. The number of aromatic nitrogens is 4. The van der Waals surface area contributed by atoms with Gasteiger partial charge >= 0.3 is 5.69 Å². The molecule has 9 heteroatoms. The van der Waals surface area contributed by atoms with E-state index in [4.69, 9.17) is 0 Å². The topological polar surface area (TPSA) is 81.3 Å². The van der Waals surface area contributed by atoms with Gasteiger partial charge in [-0.05, 0) is 55.9 Å². The first-order chi connectivity index (χ1) is 14.0. The minimum absolute atomic E-state index is 0.260. The molecule has 0 saturated carbocycles. The van der Waals surface area contributed by atoms with Crippen LogP contribution in [0.1, 0.15) is 28.8 Å². The Bertz CT molecular complexity index is 1340. The second-order valence-electron chi connectivity index (χ2n) is 7.28. The van der Waals surface area contributed by atoms with Gasteiger partial charge in [0, 0.05) is 10.6 Å². The fourth-order valence-electron chi connectivity index (χ4n) is 3.84. The number of nitrogens with one attached hydrogen (secondary N) is 1. The lowest BCUT2D eigenvalue weighted by atomic mass is 9.97. The third-order valence-corrected chi connectivity index (χ3v) is 6.50. The van der Waals surface area contributed by atoms with Crippen molar-refractivity contribution in [1.82, 2.24) is 19.2 Å². The van der Waals surface area contributed by atoms with Crippen molar-refractivity contribution in [2.45, 2.75) is 39.2 Å². The minimum atomic E-state index is -0.444. The van der Waals surface area contributed by atoms with Gasteiger partial charge in [0.25, 0.3) is 0 Å². The number of carbonyl (C=O) groups excluding carboxylic acids is 1. The van der Waals surface area contributed by atoms with Gasteiger partial charge in [0.2, 0.25) is 5.91 Å². The molecular formula is C20H18FN5O2S. The van der Waals surface area contributed by atoms with E-state index in [1.807, 2.05) is 0 Å². The zero-order chi connectivity index (χ0) is 20.1. The zero-order valence-corrected chi connectivity index (χ0v) is 16.6. The summed E-state index contributed by atoms with van der Waals surface area (Å²) in [4.78, 5) is 31.9. The summed E-state index contributed by atoms with van der Waals surface area (Å²) in [5, 5.41) is 8.01. The number of fused-ring (bicyclic) bond motifs is 5. The largest absolute Gasteiger partial charge is 0.352 e. The molecule has 0 spiro atoms. The van der Waals surface area contributed by atoms with Crippen molar-refractivity contribution in [1.29, 1.82) is 0 Å². The van der Waals surface area contributed by atoms with Crippen molar-refractivity contribution in [3.05, 3.63) is 56.8 Å². The molecule has 1 aromatic carbocycles. The number of nitrogens with zero attached hydrogens (tertiary/aromatic N) is 4. The van der Waals surface area contributed by atoms with Crippen LogP contribution < -0.4 is 11.0 Å². The highest BCUT2D eigenvalue weighted by Crippen LogP contribution is 2.36. The molecule has 0 saturated heterocycles. The molecule has 0 bridgehead atoms. The molecule has 0 radical (unpaired) electrons. The van der Waals surface area contributed by atoms with Crippen LogP contribution in [0, 0.1) is 12.7 Å². The Kier molecular flexibility index (Phi) is 4.20. The lowest BCUT2D eigenvalue weighted by Crippen LogP contribution is -2.28. The van der Waals surface area contributed by atoms with E-state index in [0.717, 1.165) is 46.1 Å². The van der Waals surface area contributed by atoms with Crippen molar-refractivity contribution >= 4 is 38.8 Å². The van der Waals surface area contributed by atoms with Crippen LogP contribution in [0.3, 0.4) is 0 Å². The first kappa shape index (κ1) is 18.0. The third kappa shape index (κ3) is 3.02. The molecule has 3 aromatic heterocycles. The van der Waals surface area contributed by atoms with Crippen LogP contribution in [0.2, 0.25) is 0 Å². The SMILES string of the molecule is Cc1ccc(F)cc1NC(=O)Cn1nc2c3c4c(sc3ncn2c1=O)CCCC4. The number of hydrogen-bond donors (Lipinski definition) is 1. The van der Waals surface area contributed by atoms with E-state index in [1.54, 1.807) is 24.3 Å². The minimum Gasteiger partial charge on any atom is -0.324 e. The Labute approximate surface area is 168 Å². The van der Waals surface area contributed by atoms with E-state index in [2.05, 4.69) is 15.4 Å². The average Bonchev–Trinajstić information content (AvgIpc) is 3.22. The molecule has 5 rings (SSSR count). The third-order valence-electron chi connectivity index (χ3n) is 5.30. The fourth-order valence-corrected chi connectivity index (χ4v) is 5.06. The Balaban J connectivity index is 1.52. The summed E-state index contributed by atoms with van der Waals surface area (Å²) in [5.74, 6) is -0.882. The smallest absolute Gasteiger partial charge is 0.324 e. The van der Waals surface area contributed by atoms with E-state index in [1.165, 1.54) is 33.3 Å². The predicted octanol–water partition coefficient (Wildman–Crippen LogP) is 3.07. The second-order valence-corrected chi connectivity index (χ2v) is 8.36. The molecule has 148 valence electrons. The van der Waals surface area contributed by atoms with Crippen LogP contribution >= 0.6 is 11.3 Å². The molecule has 7 nitrogen and oxygen atoms in total. The standard InChI is InChI=1S/C20H18FN5O2S/c1-11-6-7-12(21)8-14(11)23-16(27)9-26-20(28)25-10-22-19-17(18(25)24-26)13-4-2-3-5-15(13)29-19/h6-8,10H,2-5,9H2,1H3,(H,23,27). The lowest BCUT2D eigenvalue weighted by molar-refractivity contribution is -0.117. The molecule has 0 unspecified atom stereocenters. The molecule has 0 aliphatic heterocycles. The molecule has 1 amide bonds. The fraction of sp³-hybridized carbons (Fsp3) is 0.300. The van der Waals surface area contributed by atoms with Crippen molar-refractivity contribution in [3.63, 3.8) is 0 Å². The van der Waals surface area contributed by atoms with Gasteiger partial charge in [-0.2, -0.15) is 0 Å². The van der Waals surface area contributed by atoms with Gasteiger partial charge in [0.05, 0.1) is 5.39 Å². The number of thiophene rings is 1. The highest BCUT2D eigenvalue weighted by molar-refractivity contribution is 7.19. The maximum absolute atomic E-state index is 13.5. The monoisotopic (exact) mass is 411 g/mol. The van der Waals surface area contributed by atoms with Gasteiger partial charge in [0.15, 0.2) is 5.65 Å². The highest BCUT2D eigenvalue weighted by Gasteiger charge is 2.22. The summed E-state index contributed by atoms with van der Waals surface area (Å²) in [6.07, 6.45) is 5.73. The summed E-state index contributed by atoms with van der Waals surface area (Å²) >= 11 is 1.66. The molecule has 1 N–H and O–H groups in total. The maximum atomic E-state index is 13.5. The number of anilines is 1. The van der Waals surface area contributed by atoms with Crippen LogP contribution in [0.5, 0.6) is 0 Å². The number of amides is 1. The van der Waals surface area contributed by atoms with E-state index in [-0.39, 0.29) is 6.54 Å². The molecule has 1 aliphatic rings. The first-order valence-electron chi connectivity index (χ1n) is 9.45. The Morgan fingerprint density at radius 1 is 1.31 bits per heavy atom. The number of aryl methyl sites for hydroxylation is 3. The van der Waals surface area contributed by atoms with E-state index in [9.17, 15) is 14.0 Å². The Morgan fingerprint density at radius 2 is 2.14 bits per heavy atom. The molecule has 4 aromatic rings. The zero-order valence-electron chi connectivity index (χ0n) is 15.7. The quantitative estimate of drug-likeness (QED) is 0.562. The van der Waals surface area contributed by atoms with Gasteiger partial charge in [-0.15, -0.1) is 16.4 Å². The molecule has 0 atom stereocenters. The Hall–Kier alpha value is -3.07. The number of benzene rings is 1. The maximum Gasteiger partial charge on any atom is 0.352 e. The Morgan fingerprint density at radius 3 is 3.00 bits per heavy atom. The summed E-state index contributed by atoms with van der Waals surface area (Å²) < 4.78 is 16.0. The second kappa shape index (κ2) is 6.77. The summed E-state index contributed by atoms with van der Waals surface area (Å²) in [6.45, 7) is 1.51. The lowest BCUT2D eigenvalue weighted by Gasteiger charge is -2.09. The van der Waals surface area contributed by atoms with Gasteiger partial charge in [-0.3, -0.25) is 4.79 Å². The number of hydrogen-bond acceptors (Lipinski definition) is 5. The molecule has 1 aliphatic carbocycles. The van der Waals surface area contributed by atoms with Crippen LogP contribution in [0.4, 0.5) is 10.1 Å². The molecule has 29 heavy (non-hydrogen) atoms. The normalized spacial score (nSPS) is 13.7. The van der Waals surface area contributed by atoms with Crippen molar-refractivity contribution in [2.75, 3.05) is 5.32 Å². The number of rotatable bonds is 3. The van der Waals surface area contributed by atoms with Crippen molar-refractivity contribution < 1.29 is 9.18 Å². The van der Waals surface area contributed by atoms with Crippen LogP contribution in [-0.4, -0.2) is 25.1 Å². The highest BCUT2D eigenvalue weighted by atomic mass is 32.1. The van der Waals surface area contributed by atoms with Crippen molar-refractivity contribution in [3.8, 4) is 0 Å². The van der Waals surface area contributed by atoms with Crippen LogP contribution in [0.25, 0.3) is 15.9 Å². The average molecular weight is 411 g/mol. The molecular weight excluding hydrogens is 393 g/mol. The van der Waals surface area contributed by atoms with Crippen molar-refractivity contribution in [2.24, 2.45) is 0 Å². The molecule has 0 fully saturated rings. The van der Waals surface area contributed by atoms with Gasteiger partial charge < -0.3 is 5.32 Å². The van der Waals surface area contributed by atoms with E-state index < -0.39 is 17.4 Å². The van der Waals surface area contributed by atoms with Gasteiger partial charge in [0.1, 0.15) is 23.5 Å².